The van der Waals surface area contributed by atoms with Crippen molar-refractivity contribution in [3.63, 3.8) is 0 Å². The minimum atomic E-state index is -0.0497. The van der Waals surface area contributed by atoms with Gasteiger partial charge in [0.15, 0.2) is 0 Å². The summed E-state index contributed by atoms with van der Waals surface area (Å²) in [6.07, 6.45) is 4.52. The number of rotatable bonds is 2. The second-order valence-corrected chi connectivity index (χ2v) is 8.27. The summed E-state index contributed by atoms with van der Waals surface area (Å²) in [6, 6.07) is 2.67. The lowest BCUT2D eigenvalue weighted by atomic mass is 9.95. The van der Waals surface area contributed by atoms with E-state index in [1.165, 1.54) is 10.4 Å². The minimum absolute atomic E-state index is 0.0497. The van der Waals surface area contributed by atoms with Gasteiger partial charge in [0.1, 0.15) is 15.5 Å². The number of fused-ring (bicyclic) bond motifs is 2. The first-order valence-electron chi connectivity index (χ1n) is 7.93. The van der Waals surface area contributed by atoms with Gasteiger partial charge in [0.05, 0.1) is 10.9 Å². The molecule has 24 heavy (non-hydrogen) atoms. The summed E-state index contributed by atoms with van der Waals surface area (Å²) in [5, 5.41) is 8.45. The first kappa shape index (κ1) is 15.7. The van der Waals surface area contributed by atoms with Crippen molar-refractivity contribution >= 4 is 43.8 Å². The molecule has 0 bridgehead atoms. The molecule has 0 fully saturated rings. The molecule has 124 valence electrons. The quantitative estimate of drug-likeness (QED) is 0.727. The number of carbonyl (C=O) groups is 1. The van der Waals surface area contributed by atoms with E-state index in [1.807, 2.05) is 6.07 Å². The highest BCUT2D eigenvalue weighted by Gasteiger charge is 2.30. The highest BCUT2D eigenvalue weighted by atomic mass is 32.1. The van der Waals surface area contributed by atoms with E-state index in [-0.39, 0.29) is 11.9 Å². The number of nitrogens with zero attached hydrogens (tertiary/aromatic N) is 2. The Bertz CT molecular complexity index is 897. The molecule has 3 aromatic rings. The minimum Gasteiger partial charge on any atom is -0.317 e. The molecular formula is C17H18N4OS2. The van der Waals surface area contributed by atoms with Crippen LogP contribution >= 0.6 is 22.7 Å². The van der Waals surface area contributed by atoms with Gasteiger partial charge in [0.25, 0.3) is 0 Å². The van der Waals surface area contributed by atoms with Crippen LogP contribution in [0.1, 0.15) is 37.3 Å². The van der Waals surface area contributed by atoms with Crippen molar-refractivity contribution in [3.05, 3.63) is 28.9 Å². The average Bonchev–Trinajstić information content (AvgIpc) is 3.07. The Morgan fingerprint density at radius 1 is 1.38 bits per heavy atom. The third-order valence-electron chi connectivity index (χ3n) is 4.17. The highest BCUT2D eigenvalue weighted by Crippen LogP contribution is 2.47. The van der Waals surface area contributed by atoms with Gasteiger partial charge in [-0.1, -0.05) is 0 Å². The zero-order valence-corrected chi connectivity index (χ0v) is 15.3. The number of aromatic nitrogens is 2. The van der Waals surface area contributed by atoms with E-state index >= 15 is 0 Å². The smallest absolute Gasteiger partial charge is 0.221 e. The largest absolute Gasteiger partial charge is 0.317 e. The third kappa shape index (κ3) is 2.62. The summed E-state index contributed by atoms with van der Waals surface area (Å²) in [4.78, 5) is 21.9. The predicted molar refractivity (Wildman–Crippen MR) is 99.7 cm³/mol. The second kappa shape index (κ2) is 5.91. The Morgan fingerprint density at radius 3 is 2.96 bits per heavy atom. The van der Waals surface area contributed by atoms with Crippen molar-refractivity contribution in [2.75, 3.05) is 5.32 Å². The molecule has 0 radical (unpaired) electrons. The highest BCUT2D eigenvalue weighted by molar-refractivity contribution is 7.23. The molecular weight excluding hydrogens is 340 g/mol. The predicted octanol–water partition coefficient (Wildman–Crippen LogP) is 3.97. The van der Waals surface area contributed by atoms with E-state index in [0.717, 1.165) is 32.2 Å². The SMILES string of the molecule is CC(=O)Nc1sc2c(c1-c1nc3cnccc3s1)C[C@@H](C)N[C@H]2C. The third-order valence-corrected chi connectivity index (χ3v) is 6.55. The molecule has 5 nitrogen and oxygen atoms in total. The summed E-state index contributed by atoms with van der Waals surface area (Å²) < 4.78 is 1.11. The molecule has 0 aromatic carbocycles. The Balaban J connectivity index is 1.93. The number of thiazole rings is 1. The van der Waals surface area contributed by atoms with Crippen LogP contribution in [0.5, 0.6) is 0 Å². The van der Waals surface area contributed by atoms with Crippen LogP contribution in [-0.4, -0.2) is 21.9 Å². The van der Waals surface area contributed by atoms with Crippen molar-refractivity contribution < 1.29 is 4.79 Å². The van der Waals surface area contributed by atoms with Gasteiger partial charge < -0.3 is 10.6 Å². The molecule has 2 N–H and O–H groups in total. The first-order chi connectivity index (χ1) is 11.5. The topological polar surface area (TPSA) is 66.9 Å². The number of nitrogens with one attached hydrogen (secondary N) is 2. The Hall–Kier alpha value is -1.83. The molecule has 7 heteroatoms. The van der Waals surface area contributed by atoms with E-state index in [2.05, 4.69) is 29.5 Å². The molecule has 0 saturated carbocycles. The summed E-state index contributed by atoms with van der Waals surface area (Å²) >= 11 is 3.32. The fourth-order valence-corrected chi connectivity index (χ4v) is 5.63. The van der Waals surface area contributed by atoms with Crippen molar-refractivity contribution in [3.8, 4) is 10.6 Å². The zero-order valence-electron chi connectivity index (χ0n) is 13.7. The van der Waals surface area contributed by atoms with Gasteiger partial charge in [-0.25, -0.2) is 4.98 Å². The molecule has 2 atom stereocenters. The number of carbonyl (C=O) groups excluding carboxylic acids is 1. The van der Waals surface area contributed by atoms with E-state index in [0.29, 0.717) is 6.04 Å². The molecule has 1 aliphatic heterocycles. The molecule has 0 unspecified atom stereocenters. The Kier molecular flexibility index (Phi) is 3.86. The second-order valence-electron chi connectivity index (χ2n) is 6.19. The Morgan fingerprint density at radius 2 is 2.21 bits per heavy atom. The van der Waals surface area contributed by atoms with Crippen molar-refractivity contribution in [1.29, 1.82) is 0 Å². The number of hydrogen-bond donors (Lipinski definition) is 2. The van der Waals surface area contributed by atoms with Gasteiger partial charge >= 0.3 is 0 Å². The van der Waals surface area contributed by atoms with Crippen molar-refractivity contribution in [1.82, 2.24) is 15.3 Å². The molecule has 4 heterocycles. The molecule has 4 rings (SSSR count). The van der Waals surface area contributed by atoms with E-state index in [9.17, 15) is 4.79 Å². The molecule has 1 aliphatic rings. The van der Waals surface area contributed by atoms with Crippen LogP contribution < -0.4 is 10.6 Å². The van der Waals surface area contributed by atoms with Crippen LogP contribution in [0.15, 0.2) is 18.5 Å². The summed E-state index contributed by atoms with van der Waals surface area (Å²) in [7, 11) is 0. The fourth-order valence-electron chi connectivity index (χ4n) is 3.26. The van der Waals surface area contributed by atoms with Crippen molar-refractivity contribution in [2.24, 2.45) is 0 Å². The van der Waals surface area contributed by atoms with Gasteiger partial charge in [-0.2, -0.15) is 0 Å². The van der Waals surface area contributed by atoms with Crippen LogP contribution in [0, 0.1) is 0 Å². The molecule has 0 saturated heterocycles. The fraction of sp³-hybridized carbons (Fsp3) is 0.353. The van der Waals surface area contributed by atoms with E-state index in [1.54, 1.807) is 42.0 Å². The molecule has 0 spiro atoms. The van der Waals surface area contributed by atoms with Crippen LogP contribution in [-0.2, 0) is 11.2 Å². The normalized spacial score (nSPS) is 20.1. The Labute approximate surface area is 148 Å². The molecule has 3 aromatic heterocycles. The van der Waals surface area contributed by atoms with E-state index in [4.69, 9.17) is 4.98 Å². The molecule has 0 aliphatic carbocycles. The molecule has 1 amide bonds. The maximum Gasteiger partial charge on any atom is 0.221 e. The van der Waals surface area contributed by atoms with Gasteiger partial charge in [0, 0.05) is 35.6 Å². The van der Waals surface area contributed by atoms with Gasteiger partial charge in [-0.3, -0.25) is 9.78 Å². The van der Waals surface area contributed by atoms with Crippen molar-refractivity contribution in [2.45, 2.75) is 39.3 Å². The number of hydrogen-bond acceptors (Lipinski definition) is 6. The average molecular weight is 358 g/mol. The summed E-state index contributed by atoms with van der Waals surface area (Å²) in [5.41, 5.74) is 3.31. The standard InChI is InChI=1S/C17H18N4OS2/c1-8-6-11-14(17-21-12-7-18-5-4-13(12)23-17)16(20-10(3)22)24-15(11)9(2)19-8/h4-5,7-9,19H,6H2,1-3H3,(H,20,22)/t8-,9+/m1/s1. The number of anilines is 1. The number of thiophene rings is 1. The van der Waals surface area contributed by atoms with Crippen LogP contribution in [0.2, 0.25) is 0 Å². The van der Waals surface area contributed by atoms with Gasteiger partial charge in [0.2, 0.25) is 5.91 Å². The van der Waals surface area contributed by atoms with E-state index < -0.39 is 0 Å². The van der Waals surface area contributed by atoms with Crippen LogP contribution in [0.4, 0.5) is 5.00 Å². The van der Waals surface area contributed by atoms with Gasteiger partial charge in [-0.15, -0.1) is 22.7 Å². The maximum absolute atomic E-state index is 11.7. The van der Waals surface area contributed by atoms with Gasteiger partial charge in [-0.05, 0) is 31.9 Å². The lowest BCUT2D eigenvalue weighted by Gasteiger charge is -2.26. The lowest BCUT2D eigenvalue weighted by Crippen LogP contribution is -2.35. The zero-order chi connectivity index (χ0) is 16.8. The maximum atomic E-state index is 11.7. The van der Waals surface area contributed by atoms with Crippen LogP contribution in [0.25, 0.3) is 20.8 Å². The van der Waals surface area contributed by atoms with Crippen LogP contribution in [0.3, 0.4) is 0 Å². The summed E-state index contributed by atoms with van der Waals surface area (Å²) in [5.74, 6) is -0.0497. The lowest BCUT2D eigenvalue weighted by molar-refractivity contribution is -0.114. The monoisotopic (exact) mass is 358 g/mol. The number of pyridine rings is 1. The first-order valence-corrected chi connectivity index (χ1v) is 9.56. The number of amides is 1. The summed E-state index contributed by atoms with van der Waals surface area (Å²) in [6.45, 7) is 5.92.